The molecule has 0 fully saturated rings. The largest absolute Gasteiger partial charge is 0.497 e. The number of halogens is 1. The van der Waals surface area contributed by atoms with Crippen molar-refractivity contribution in [3.8, 4) is 11.4 Å². The summed E-state index contributed by atoms with van der Waals surface area (Å²) in [7, 11) is 1.51. The average molecular weight is 426 g/mol. The van der Waals surface area contributed by atoms with Crippen molar-refractivity contribution in [2.45, 2.75) is 20.4 Å². The summed E-state index contributed by atoms with van der Waals surface area (Å²) in [6.45, 7) is 4.04. The van der Waals surface area contributed by atoms with Gasteiger partial charge in [-0.3, -0.25) is 14.2 Å². The summed E-state index contributed by atoms with van der Waals surface area (Å²) >= 11 is 0. The first-order valence-corrected chi connectivity index (χ1v) is 9.71. The Kier molecular flexibility index (Phi) is 6.64. The van der Waals surface area contributed by atoms with Crippen LogP contribution in [-0.2, 0) is 6.54 Å². The summed E-state index contributed by atoms with van der Waals surface area (Å²) in [6.07, 6.45) is 0. The molecule has 31 heavy (non-hydrogen) atoms. The second-order valence-corrected chi connectivity index (χ2v) is 7.36. The molecule has 0 unspecified atom stereocenters. The molecule has 1 heterocycles. The van der Waals surface area contributed by atoms with E-state index in [0.717, 1.165) is 9.25 Å². The Morgan fingerprint density at radius 1 is 1.10 bits per heavy atom. The number of hydrogen-bond acceptors (Lipinski definition) is 5. The van der Waals surface area contributed by atoms with Gasteiger partial charge in [-0.05, 0) is 47.9 Å². The zero-order valence-corrected chi connectivity index (χ0v) is 17.5. The van der Waals surface area contributed by atoms with Gasteiger partial charge in [0, 0.05) is 6.54 Å². The van der Waals surface area contributed by atoms with E-state index in [-0.39, 0.29) is 12.5 Å². The van der Waals surface area contributed by atoms with Crippen molar-refractivity contribution in [3.05, 3.63) is 86.4 Å². The van der Waals surface area contributed by atoms with Crippen molar-refractivity contribution in [2.75, 3.05) is 13.7 Å². The van der Waals surface area contributed by atoms with Crippen LogP contribution in [0.5, 0.6) is 5.75 Å². The van der Waals surface area contributed by atoms with Crippen LogP contribution in [0, 0.1) is 11.7 Å². The summed E-state index contributed by atoms with van der Waals surface area (Å²) in [5.74, 6) is -0.367. The molecule has 0 spiro atoms. The van der Waals surface area contributed by atoms with Gasteiger partial charge in [-0.2, -0.15) is 9.78 Å². The summed E-state index contributed by atoms with van der Waals surface area (Å²) < 4.78 is 20.3. The summed E-state index contributed by atoms with van der Waals surface area (Å²) in [6, 6.07) is 11.9. The molecular formula is C22H23FN4O4. The second-order valence-electron chi connectivity index (χ2n) is 7.36. The number of rotatable bonds is 7. The maximum absolute atomic E-state index is 13.2. The number of methoxy groups -OCH3 is 1. The third-order valence-corrected chi connectivity index (χ3v) is 4.52. The summed E-state index contributed by atoms with van der Waals surface area (Å²) in [5, 5.41) is 6.70. The molecule has 3 aromatic rings. The molecule has 0 aliphatic rings. The Morgan fingerprint density at radius 2 is 1.74 bits per heavy atom. The van der Waals surface area contributed by atoms with E-state index in [4.69, 9.17) is 4.74 Å². The highest BCUT2D eigenvalue weighted by molar-refractivity contribution is 5.91. The maximum Gasteiger partial charge on any atom is 0.352 e. The first-order valence-electron chi connectivity index (χ1n) is 9.71. The van der Waals surface area contributed by atoms with Crippen LogP contribution in [0.3, 0.4) is 0 Å². The Morgan fingerprint density at radius 3 is 2.32 bits per heavy atom. The molecule has 0 saturated carbocycles. The topological polar surface area (TPSA) is 95.2 Å². The Hall–Kier alpha value is -3.75. The van der Waals surface area contributed by atoms with Crippen molar-refractivity contribution in [3.63, 3.8) is 0 Å². The minimum Gasteiger partial charge on any atom is -0.497 e. The number of nitrogens with zero attached hydrogens (tertiary/aromatic N) is 3. The molecule has 8 nitrogen and oxygen atoms in total. The van der Waals surface area contributed by atoms with Crippen LogP contribution in [0.15, 0.2) is 58.1 Å². The number of aromatic nitrogens is 3. The number of benzene rings is 2. The molecule has 1 amide bonds. The van der Waals surface area contributed by atoms with Gasteiger partial charge < -0.3 is 10.1 Å². The first-order chi connectivity index (χ1) is 14.8. The average Bonchev–Trinajstić information content (AvgIpc) is 2.76. The van der Waals surface area contributed by atoms with Crippen molar-refractivity contribution in [1.29, 1.82) is 0 Å². The van der Waals surface area contributed by atoms with E-state index in [9.17, 15) is 18.8 Å². The highest BCUT2D eigenvalue weighted by Crippen LogP contribution is 2.13. The molecule has 1 N–H and O–H groups in total. The normalized spacial score (nSPS) is 10.9. The third-order valence-electron chi connectivity index (χ3n) is 4.52. The van der Waals surface area contributed by atoms with Crippen LogP contribution < -0.4 is 21.3 Å². The van der Waals surface area contributed by atoms with E-state index >= 15 is 0 Å². The number of amides is 1. The minimum absolute atomic E-state index is 0.138. The Labute approximate surface area is 177 Å². The molecule has 1 aromatic heterocycles. The van der Waals surface area contributed by atoms with Crippen molar-refractivity contribution in [1.82, 2.24) is 19.7 Å². The molecule has 2 aromatic carbocycles. The molecule has 3 rings (SSSR count). The molecule has 0 saturated heterocycles. The van der Waals surface area contributed by atoms with E-state index in [1.165, 1.54) is 31.4 Å². The molecule has 0 atom stereocenters. The molecule has 0 bridgehead atoms. The van der Waals surface area contributed by atoms with E-state index in [2.05, 4.69) is 10.4 Å². The standard InChI is InChI=1S/C22H23FN4O4/c1-14(2)12-24-20(28)19-21(29)26(13-15-4-6-16(23)7-5-15)22(30)27(25-19)17-8-10-18(31-3)11-9-17/h4-11,14H,12-13H2,1-3H3,(H,24,28). The van der Waals surface area contributed by atoms with Crippen LogP contribution >= 0.6 is 0 Å². The van der Waals surface area contributed by atoms with Crippen LogP contribution in [0.4, 0.5) is 4.39 Å². The van der Waals surface area contributed by atoms with E-state index in [0.29, 0.717) is 23.5 Å². The Bertz CT molecular complexity index is 1180. The van der Waals surface area contributed by atoms with Gasteiger partial charge in [-0.15, -0.1) is 0 Å². The second kappa shape index (κ2) is 9.38. The highest BCUT2D eigenvalue weighted by atomic mass is 19.1. The van der Waals surface area contributed by atoms with Crippen LogP contribution in [-0.4, -0.2) is 33.9 Å². The smallest absolute Gasteiger partial charge is 0.352 e. The lowest BCUT2D eigenvalue weighted by Gasteiger charge is -2.13. The summed E-state index contributed by atoms with van der Waals surface area (Å²) in [4.78, 5) is 38.7. The van der Waals surface area contributed by atoms with Crippen LogP contribution in [0.1, 0.15) is 29.9 Å². The van der Waals surface area contributed by atoms with Crippen molar-refractivity contribution >= 4 is 5.91 Å². The number of carbonyl (C=O) groups is 1. The molecule has 9 heteroatoms. The van der Waals surface area contributed by atoms with Gasteiger partial charge in [0.15, 0.2) is 0 Å². The monoisotopic (exact) mass is 426 g/mol. The van der Waals surface area contributed by atoms with Gasteiger partial charge in [0.1, 0.15) is 11.6 Å². The lowest BCUT2D eigenvalue weighted by atomic mass is 10.2. The fraction of sp³-hybridized carbons (Fsp3) is 0.273. The van der Waals surface area contributed by atoms with Gasteiger partial charge in [0.05, 0.1) is 19.3 Å². The Balaban J connectivity index is 2.14. The maximum atomic E-state index is 13.2. The third kappa shape index (κ3) is 5.06. The predicted molar refractivity (Wildman–Crippen MR) is 113 cm³/mol. The number of nitrogens with one attached hydrogen (secondary N) is 1. The molecule has 0 aliphatic carbocycles. The molecule has 0 aliphatic heterocycles. The van der Waals surface area contributed by atoms with Gasteiger partial charge in [0.25, 0.3) is 11.5 Å². The molecule has 0 radical (unpaired) electrons. The van der Waals surface area contributed by atoms with Gasteiger partial charge >= 0.3 is 5.69 Å². The lowest BCUT2D eigenvalue weighted by Crippen LogP contribution is -2.46. The molecule has 162 valence electrons. The zero-order chi connectivity index (χ0) is 22.5. The predicted octanol–water partition coefficient (Wildman–Crippen LogP) is 1.98. The number of carbonyl (C=O) groups excluding carboxylic acids is 1. The van der Waals surface area contributed by atoms with Gasteiger partial charge in [0.2, 0.25) is 5.69 Å². The lowest BCUT2D eigenvalue weighted by molar-refractivity contribution is 0.0939. The first kappa shape index (κ1) is 21.9. The van der Waals surface area contributed by atoms with E-state index in [1.807, 2.05) is 13.8 Å². The number of hydrogen-bond donors (Lipinski definition) is 1. The fourth-order valence-electron chi connectivity index (χ4n) is 2.84. The van der Waals surface area contributed by atoms with Crippen molar-refractivity contribution in [2.24, 2.45) is 5.92 Å². The van der Waals surface area contributed by atoms with E-state index < -0.39 is 28.7 Å². The van der Waals surface area contributed by atoms with Crippen LogP contribution in [0.2, 0.25) is 0 Å². The van der Waals surface area contributed by atoms with E-state index in [1.54, 1.807) is 24.3 Å². The minimum atomic E-state index is -0.819. The zero-order valence-electron chi connectivity index (χ0n) is 17.5. The quantitative estimate of drug-likeness (QED) is 0.623. The summed E-state index contributed by atoms with van der Waals surface area (Å²) in [5.41, 5.74) is -1.06. The van der Waals surface area contributed by atoms with Crippen LogP contribution in [0.25, 0.3) is 5.69 Å². The van der Waals surface area contributed by atoms with Gasteiger partial charge in [-0.1, -0.05) is 26.0 Å². The SMILES string of the molecule is COc1ccc(-n2nc(C(=O)NCC(C)C)c(=O)n(Cc3ccc(F)cc3)c2=O)cc1. The highest BCUT2D eigenvalue weighted by Gasteiger charge is 2.20. The van der Waals surface area contributed by atoms with Gasteiger partial charge in [-0.25, -0.2) is 9.18 Å². The van der Waals surface area contributed by atoms with Crippen molar-refractivity contribution < 1.29 is 13.9 Å². The molecular weight excluding hydrogens is 403 g/mol. The fourth-order valence-corrected chi connectivity index (χ4v) is 2.84. The number of ether oxygens (including phenoxy) is 1.